The number of rotatable bonds is 8. The van der Waals surface area contributed by atoms with Crippen molar-refractivity contribution >= 4 is 23.8 Å². The van der Waals surface area contributed by atoms with E-state index in [2.05, 4.69) is 10.6 Å². The van der Waals surface area contributed by atoms with E-state index in [-0.39, 0.29) is 6.03 Å². The van der Waals surface area contributed by atoms with Crippen LogP contribution in [0.25, 0.3) is 0 Å². The molecule has 1 fully saturated rings. The van der Waals surface area contributed by atoms with Gasteiger partial charge in [0.1, 0.15) is 6.04 Å². The predicted molar refractivity (Wildman–Crippen MR) is 82.1 cm³/mol. The molecule has 1 unspecified atom stereocenters. The standard InChI is InChI=1S/C14H26N2O3S/c1-20-10-8-12(13(17)18)16-14(19)15-9-7-11-5-3-2-4-6-11/h11-12H,2-10H2,1H3,(H,17,18)(H2,15,16,19). The minimum absolute atomic E-state index is 0.366. The minimum atomic E-state index is -0.971. The van der Waals surface area contributed by atoms with Crippen molar-refractivity contribution in [2.75, 3.05) is 18.6 Å². The van der Waals surface area contributed by atoms with E-state index in [1.165, 1.54) is 32.1 Å². The normalized spacial score (nSPS) is 17.4. The first-order valence-corrected chi connectivity index (χ1v) is 8.79. The number of carbonyl (C=O) groups excluding carboxylic acids is 1. The van der Waals surface area contributed by atoms with Crippen LogP contribution in [0.5, 0.6) is 0 Å². The maximum atomic E-state index is 11.7. The number of hydrogen-bond acceptors (Lipinski definition) is 3. The average molecular weight is 302 g/mol. The monoisotopic (exact) mass is 302 g/mol. The quantitative estimate of drug-likeness (QED) is 0.643. The summed E-state index contributed by atoms with van der Waals surface area (Å²) in [6.07, 6.45) is 9.81. The highest BCUT2D eigenvalue weighted by Gasteiger charge is 2.19. The van der Waals surface area contributed by atoms with Gasteiger partial charge in [-0.05, 0) is 30.8 Å². The zero-order chi connectivity index (χ0) is 14.8. The molecule has 0 bridgehead atoms. The Hall–Kier alpha value is -0.910. The fraction of sp³-hybridized carbons (Fsp3) is 0.857. The molecule has 0 spiro atoms. The van der Waals surface area contributed by atoms with Crippen molar-refractivity contribution in [3.8, 4) is 0 Å². The van der Waals surface area contributed by atoms with Crippen LogP contribution in [0.3, 0.4) is 0 Å². The van der Waals surface area contributed by atoms with E-state index in [9.17, 15) is 9.59 Å². The van der Waals surface area contributed by atoms with Gasteiger partial charge >= 0.3 is 12.0 Å². The molecule has 1 aliphatic carbocycles. The zero-order valence-electron chi connectivity index (χ0n) is 12.2. The number of amides is 2. The largest absolute Gasteiger partial charge is 0.480 e. The second-order valence-corrected chi connectivity index (χ2v) is 6.35. The highest BCUT2D eigenvalue weighted by molar-refractivity contribution is 7.98. The molecule has 0 radical (unpaired) electrons. The Balaban J connectivity index is 2.18. The molecule has 0 saturated heterocycles. The first-order valence-electron chi connectivity index (χ1n) is 7.39. The Morgan fingerprint density at radius 3 is 2.60 bits per heavy atom. The van der Waals surface area contributed by atoms with Gasteiger partial charge in [-0.3, -0.25) is 0 Å². The number of carboxylic acids is 1. The van der Waals surface area contributed by atoms with Crippen LogP contribution in [0, 0.1) is 5.92 Å². The fourth-order valence-electron chi connectivity index (χ4n) is 2.57. The van der Waals surface area contributed by atoms with Gasteiger partial charge < -0.3 is 15.7 Å². The van der Waals surface area contributed by atoms with Crippen LogP contribution in [0.1, 0.15) is 44.9 Å². The third-order valence-corrected chi connectivity index (χ3v) is 4.42. The highest BCUT2D eigenvalue weighted by Crippen LogP contribution is 2.25. The Morgan fingerprint density at radius 1 is 1.30 bits per heavy atom. The minimum Gasteiger partial charge on any atom is -0.480 e. The Labute approximate surface area is 125 Å². The third-order valence-electron chi connectivity index (χ3n) is 3.78. The molecule has 0 heterocycles. The predicted octanol–water partition coefficient (Wildman–Crippen LogP) is 2.46. The van der Waals surface area contributed by atoms with Crippen LogP contribution < -0.4 is 10.6 Å². The summed E-state index contributed by atoms with van der Waals surface area (Å²) in [6, 6.07) is -1.16. The number of aliphatic carboxylic acids is 1. The molecule has 116 valence electrons. The highest BCUT2D eigenvalue weighted by atomic mass is 32.2. The van der Waals surface area contributed by atoms with Gasteiger partial charge in [-0.2, -0.15) is 11.8 Å². The van der Waals surface area contributed by atoms with Crippen molar-refractivity contribution in [1.82, 2.24) is 10.6 Å². The Morgan fingerprint density at radius 2 is 2.00 bits per heavy atom. The van der Waals surface area contributed by atoms with E-state index >= 15 is 0 Å². The van der Waals surface area contributed by atoms with Crippen LogP contribution in [0.4, 0.5) is 4.79 Å². The topological polar surface area (TPSA) is 78.4 Å². The second-order valence-electron chi connectivity index (χ2n) is 5.37. The van der Waals surface area contributed by atoms with Crippen LogP contribution in [-0.2, 0) is 4.79 Å². The van der Waals surface area contributed by atoms with Gasteiger partial charge in [0.25, 0.3) is 0 Å². The van der Waals surface area contributed by atoms with Crippen LogP contribution >= 0.6 is 11.8 Å². The molecule has 20 heavy (non-hydrogen) atoms. The number of nitrogens with one attached hydrogen (secondary N) is 2. The number of carbonyl (C=O) groups is 2. The van der Waals surface area contributed by atoms with E-state index < -0.39 is 12.0 Å². The molecule has 1 aliphatic rings. The lowest BCUT2D eigenvalue weighted by molar-refractivity contribution is -0.139. The molecule has 0 aromatic heterocycles. The number of thioether (sulfide) groups is 1. The molecule has 1 saturated carbocycles. The third kappa shape index (κ3) is 7.03. The van der Waals surface area contributed by atoms with E-state index in [0.29, 0.717) is 13.0 Å². The summed E-state index contributed by atoms with van der Waals surface area (Å²) in [5.74, 6) is 0.469. The van der Waals surface area contributed by atoms with Crippen molar-refractivity contribution in [3.05, 3.63) is 0 Å². The summed E-state index contributed by atoms with van der Waals surface area (Å²) < 4.78 is 0. The molecular formula is C14H26N2O3S. The molecule has 0 aromatic carbocycles. The summed E-state index contributed by atoms with van der Waals surface area (Å²) in [7, 11) is 0. The van der Waals surface area contributed by atoms with E-state index in [4.69, 9.17) is 5.11 Å². The zero-order valence-corrected chi connectivity index (χ0v) is 13.0. The van der Waals surface area contributed by atoms with Gasteiger partial charge in [0, 0.05) is 6.54 Å². The molecule has 2 amide bonds. The molecule has 3 N–H and O–H groups in total. The van der Waals surface area contributed by atoms with Gasteiger partial charge in [0.05, 0.1) is 0 Å². The number of carboxylic acid groups (broad SMARTS) is 1. The lowest BCUT2D eigenvalue weighted by Crippen LogP contribution is -2.46. The Bertz CT molecular complexity index is 307. The number of hydrogen-bond donors (Lipinski definition) is 3. The summed E-state index contributed by atoms with van der Waals surface area (Å²) in [5, 5.41) is 14.3. The Kier molecular flexibility index (Phi) is 8.49. The van der Waals surface area contributed by atoms with E-state index in [1.807, 2.05) is 6.26 Å². The maximum Gasteiger partial charge on any atom is 0.326 e. The van der Waals surface area contributed by atoms with Crippen LogP contribution in [-0.4, -0.2) is 41.7 Å². The van der Waals surface area contributed by atoms with Crippen LogP contribution in [0.15, 0.2) is 0 Å². The van der Waals surface area contributed by atoms with Crippen molar-refractivity contribution in [2.24, 2.45) is 5.92 Å². The first-order chi connectivity index (χ1) is 9.63. The smallest absolute Gasteiger partial charge is 0.326 e. The molecular weight excluding hydrogens is 276 g/mol. The van der Waals surface area contributed by atoms with Crippen molar-refractivity contribution in [2.45, 2.75) is 51.0 Å². The van der Waals surface area contributed by atoms with Gasteiger partial charge in [-0.15, -0.1) is 0 Å². The van der Waals surface area contributed by atoms with Crippen molar-refractivity contribution in [3.63, 3.8) is 0 Å². The van der Waals surface area contributed by atoms with Gasteiger partial charge in [0.2, 0.25) is 0 Å². The lowest BCUT2D eigenvalue weighted by atomic mass is 9.87. The van der Waals surface area contributed by atoms with E-state index in [0.717, 1.165) is 18.1 Å². The van der Waals surface area contributed by atoms with Gasteiger partial charge in [0.15, 0.2) is 0 Å². The second kappa shape index (κ2) is 9.91. The summed E-state index contributed by atoms with van der Waals surface area (Å²) in [5.41, 5.74) is 0. The fourth-order valence-corrected chi connectivity index (χ4v) is 3.04. The molecule has 0 aromatic rings. The lowest BCUT2D eigenvalue weighted by Gasteiger charge is -2.21. The maximum absolute atomic E-state index is 11.7. The molecule has 1 atom stereocenters. The molecule has 0 aliphatic heterocycles. The first kappa shape index (κ1) is 17.1. The molecule has 6 heteroatoms. The van der Waals surface area contributed by atoms with Crippen molar-refractivity contribution in [1.29, 1.82) is 0 Å². The molecule has 5 nitrogen and oxygen atoms in total. The van der Waals surface area contributed by atoms with Gasteiger partial charge in [-0.25, -0.2) is 9.59 Å². The van der Waals surface area contributed by atoms with Crippen molar-refractivity contribution < 1.29 is 14.7 Å². The van der Waals surface area contributed by atoms with Crippen LogP contribution in [0.2, 0.25) is 0 Å². The SMILES string of the molecule is CSCCC(NC(=O)NCCC1CCCCC1)C(=O)O. The molecule has 1 rings (SSSR count). The summed E-state index contributed by atoms with van der Waals surface area (Å²) >= 11 is 1.58. The van der Waals surface area contributed by atoms with E-state index in [1.54, 1.807) is 11.8 Å². The summed E-state index contributed by atoms with van der Waals surface area (Å²) in [4.78, 5) is 22.7. The summed E-state index contributed by atoms with van der Waals surface area (Å²) in [6.45, 7) is 0.630. The number of urea groups is 1. The van der Waals surface area contributed by atoms with Gasteiger partial charge in [-0.1, -0.05) is 32.1 Å². The average Bonchev–Trinajstić information content (AvgIpc) is 2.44.